The molecule has 1 aliphatic heterocycles. The highest BCUT2D eigenvalue weighted by atomic mass is 16.5. The summed E-state index contributed by atoms with van der Waals surface area (Å²) in [5.74, 6) is -1.79. The molecule has 0 aromatic carbocycles. The molecule has 1 heterocycles. The first-order valence-corrected chi connectivity index (χ1v) is 7.49. The number of carboxylic acid groups (broad SMARTS) is 1. The molecule has 0 aromatic heterocycles. The average molecular weight is 284 g/mol. The third kappa shape index (κ3) is 4.18. The van der Waals surface area contributed by atoms with Gasteiger partial charge in [0.1, 0.15) is 0 Å². The Hall–Kier alpha value is -1.14. The van der Waals surface area contributed by atoms with Crippen LogP contribution in [0, 0.1) is 11.8 Å². The summed E-state index contributed by atoms with van der Waals surface area (Å²) in [4.78, 5) is 25.6. The molecule has 1 saturated heterocycles. The number of rotatable bonds is 5. The number of nitrogens with one attached hydrogen (secondary N) is 1. The molecule has 1 saturated carbocycles. The highest BCUT2D eigenvalue weighted by Crippen LogP contribution is 2.30. The van der Waals surface area contributed by atoms with Crippen LogP contribution in [0.1, 0.15) is 25.7 Å². The Morgan fingerprint density at radius 1 is 1.15 bits per heavy atom. The molecule has 6 nitrogen and oxygen atoms in total. The van der Waals surface area contributed by atoms with Crippen molar-refractivity contribution in [2.24, 2.45) is 11.8 Å². The molecule has 0 unspecified atom stereocenters. The summed E-state index contributed by atoms with van der Waals surface area (Å²) < 4.78 is 5.27. The van der Waals surface area contributed by atoms with Gasteiger partial charge in [-0.2, -0.15) is 0 Å². The zero-order valence-electron chi connectivity index (χ0n) is 11.8. The second-order valence-electron chi connectivity index (χ2n) is 5.58. The van der Waals surface area contributed by atoms with Crippen LogP contribution in [0.2, 0.25) is 0 Å². The molecule has 2 rings (SSSR count). The van der Waals surface area contributed by atoms with Crippen molar-refractivity contribution in [3.8, 4) is 0 Å². The minimum atomic E-state index is -0.835. The summed E-state index contributed by atoms with van der Waals surface area (Å²) in [5.41, 5.74) is 0. The van der Waals surface area contributed by atoms with Crippen LogP contribution in [0.4, 0.5) is 0 Å². The van der Waals surface area contributed by atoms with Crippen LogP contribution >= 0.6 is 0 Å². The number of carboxylic acids is 1. The van der Waals surface area contributed by atoms with Crippen molar-refractivity contribution < 1.29 is 19.4 Å². The Kier molecular flexibility index (Phi) is 5.79. The summed E-state index contributed by atoms with van der Waals surface area (Å²) >= 11 is 0. The fraction of sp³-hybridized carbons (Fsp3) is 0.857. The van der Waals surface area contributed by atoms with Crippen molar-refractivity contribution in [2.45, 2.75) is 25.7 Å². The van der Waals surface area contributed by atoms with Gasteiger partial charge in [0.05, 0.1) is 25.0 Å². The Balaban J connectivity index is 1.73. The Morgan fingerprint density at radius 3 is 2.45 bits per heavy atom. The standard InChI is InChI=1S/C14H24N2O4/c17-13(11-3-1-2-4-12(11)14(18)19)15-5-6-16-7-9-20-10-8-16/h11-12H,1-10H2,(H,15,17)(H,18,19)/t11-,12-/m1/s1. The van der Waals surface area contributed by atoms with Gasteiger partial charge in [-0.15, -0.1) is 0 Å². The maximum atomic E-state index is 12.1. The number of carbonyl (C=O) groups is 2. The lowest BCUT2D eigenvalue weighted by Crippen LogP contribution is -2.44. The predicted octanol–water partition coefficient (Wildman–Crippen LogP) is 0.326. The third-order valence-corrected chi connectivity index (χ3v) is 4.25. The van der Waals surface area contributed by atoms with Crippen LogP contribution < -0.4 is 5.32 Å². The summed E-state index contributed by atoms with van der Waals surface area (Å²) in [6, 6.07) is 0. The molecule has 1 amide bonds. The predicted molar refractivity (Wildman–Crippen MR) is 73.4 cm³/mol. The lowest BCUT2D eigenvalue weighted by molar-refractivity contribution is -0.148. The van der Waals surface area contributed by atoms with Crippen LogP contribution in [0.3, 0.4) is 0 Å². The largest absolute Gasteiger partial charge is 0.481 e. The lowest BCUT2D eigenvalue weighted by Gasteiger charge is -2.29. The average Bonchev–Trinajstić information content (AvgIpc) is 2.48. The monoisotopic (exact) mass is 284 g/mol. The lowest BCUT2D eigenvalue weighted by atomic mass is 9.79. The summed E-state index contributed by atoms with van der Waals surface area (Å²) in [6.07, 6.45) is 3.18. The number of amides is 1. The van der Waals surface area contributed by atoms with Gasteiger partial charge >= 0.3 is 5.97 Å². The van der Waals surface area contributed by atoms with Gasteiger partial charge in [0.25, 0.3) is 0 Å². The summed E-state index contributed by atoms with van der Waals surface area (Å²) in [6.45, 7) is 4.69. The van der Waals surface area contributed by atoms with Crippen LogP contribution in [-0.2, 0) is 14.3 Å². The zero-order chi connectivity index (χ0) is 14.4. The van der Waals surface area contributed by atoms with E-state index in [1.165, 1.54) is 0 Å². The molecule has 2 fully saturated rings. The van der Waals surface area contributed by atoms with E-state index in [4.69, 9.17) is 4.74 Å². The van der Waals surface area contributed by atoms with Gasteiger partial charge < -0.3 is 15.2 Å². The Bertz CT molecular complexity index is 342. The molecule has 6 heteroatoms. The summed E-state index contributed by atoms with van der Waals surface area (Å²) in [7, 11) is 0. The first-order chi connectivity index (χ1) is 9.68. The molecular formula is C14H24N2O4. The number of hydrogen-bond donors (Lipinski definition) is 2. The van der Waals surface area contributed by atoms with Crippen LogP contribution in [0.25, 0.3) is 0 Å². The fourth-order valence-corrected chi connectivity index (χ4v) is 3.03. The molecule has 2 N–H and O–H groups in total. The molecule has 0 spiro atoms. The summed E-state index contributed by atoms with van der Waals surface area (Å²) in [5, 5.41) is 12.1. The molecule has 20 heavy (non-hydrogen) atoms. The number of carbonyl (C=O) groups excluding carboxylic acids is 1. The smallest absolute Gasteiger partial charge is 0.307 e. The van der Waals surface area contributed by atoms with E-state index >= 15 is 0 Å². The topological polar surface area (TPSA) is 78.9 Å². The minimum Gasteiger partial charge on any atom is -0.481 e. The molecule has 2 atom stereocenters. The third-order valence-electron chi connectivity index (χ3n) is 4.25. The molecule has 0 radical (unpaired) electrons. The van der Waals surface area contributed by atoms with Crippen molar-refractivity contribution in [2.75, 3.05) is 39.4 Å². The highest BCUT2D eigenvalue weighted by Gasteiger charge is 2.35. The number of aliphatic carboxylic acids is 1. The molecule has 114 valence electrons. The molecule has 0 aromatic rings. The number of ether oxygens (including phenoxy) is 1. The van der Waals surface area contributed by atoms with Crippen LogP contribution in [0.15, 0.2) is 0 Å². The van der Waals surface area contributed by atoms with Crippen molar-refractivity contribution in [3.05, 3.63) is 0 Å². The quantitative estimate of drug-likeness (QED) is 0.760. The van der Waals surface area contributed by atoms with Crippen molar-refractivity contribution in [1.29, 1.82) is 0 Å². The van der Waals surface area contributed by atoms with Crippen LogP contribution in [0.5, 0.6) is 0 Å². The number of nitrogens with zero attached hydrogens (tertiary/aromatic N) is 1. The van der Waals surface area contributed by atoms with Crippen LogP contribution in [-0.4, -0.2) is 61.3 Å². The van der Waals surface area contributed by atoms with Gasteiger partial charge in [-0.3, -0.25) is 14.5 Å². The van der Waals surface area contributed by atoms with E-state index in [1.54, 1.807) is 0 Å². The van der Waals surface area contributed by atoms with Gasteiger partial charge in [0, 0.05) is 26.2 Å². The number of hydrogen-bond acceptors (Lipinski definition) is 4. The fourth-order valence-electron chi connectivity index (χ4n) is 3.03. The van der Waals surface area contributed by atoms with E-state index in [-0.39, 0.29) is 11.8 Å². The minimum absolute atomic E-state index is 0.0923. The second-order valence-corrected chi connectivity index (χ2v) is 5.58. The van der Waals surface area contributed by atoms with E-state index in [1.807, 2.05) is 0 Å². The van der Waals surface area contributed by atoms with Gasteiger partial charge in [-0.05, 0) is 12.8 Å². The van der Waals surface area contributed by atoms with Gasteiger partial charge in [-0.1, -0.05) is 12.8 Å². The van der Waals surface area contributed by atoms with E-state index in [0.29, 0.717) is 19.4 Å². The van der Waals surface area contributed by atoms with Crippen molar-refractivity contribution in [1.82, 2.24) is 10.2 Å². The maximum absolute atomic E-state index is 12.1. The van der Waals surface area contributed by atoms with E-state index in [9.17, 15) is 14.7 Å². The molecule has 2 aliphatic rings. The van der Waals surface area contributed by atoms with E-state index < -0.39 is 11.9 Å². The van der Waals surface area contributed by atoms with Crippen molar-refractivity contribution in [3.63, 3.8) is 0 Å². The normalized spacial score (nSPS) is 28.0. The van der Waals surface area contributed by atoms with E-state index in [0.717, 1.165) is 45.7 Å². The number of morpholine rings is 1. The SMILES string of the molecule is O=C(O)[C@@H]1CCCC[C@H]1C(=O)NCCN1CCOCC1. The maximum Gasteiger partial charge on any atom is 0.307 e. The Labute approximate surface area is 119 Å². The first kappa shape index (κ1) is 15.3. The van der Waals surface area contributed by atoms with Gasteiger partial charge in [-0.25, -0.2) is 0 Å². The van der Waals surface area contributed by atoms with Crippen molar-refractivity contribution >= 4 is 11.9 Å². The van der Waals surface area contributed by atoms with E-state index in [2.05, 4.69) is 10.2 Å². The van der Waals surface area contributed by atoms with Gasteiger partial charge in [0.2, 0.25) is 5.91 Å². The second kappa shape index (κ2) is 7.59. The Morgan fingerprint density at radius 2 is 1.80 bits per heavy atom. The molecular weight excluding hydrogens is 260 g/mol. The first-order valence-electron chi connectivity index (χ1n) is 7.49. The zero-order valence-corrected chi connectivity index (χ0v) is 11.8. The highest BCUT2D eigenvalue weighted by molar-refractivity contribution is 5.84. The molecule has 0 bridgehead atoms. The van der Waals surface area contributed by atoms with Gasteiger partial charge in [0.15, 0.2) is 0 Å². The molecule has 1 aliphatic carbocycles.